The summed E-state index contributed by atoms with van der Waals surface area (Å²) in [6.45, 7) is 2.75. The molecule has 0 atom stereocenters. The number of aliphatic hydroxyl groups is 1. The highest BCUT2D eigenvalue weighted by Crippen LogP contribution is 2.21. The van der Waals surface area contributed by atoms with Gasteiger partial charge < -0.3 is 9.84 Å². The maximum Gasteiger partial charge on any atom is 0.345 e. The summed E-state index contributed by atoms with van der Waals surface area (Å²) in [6.07, 6.45) is 0. The summed E-state index contributed by atoms with van der Waals surface area (Å²) in [5.74, 6) is -2.15. The third-order valence-corrected chi connectivity index (χ3v) is 2.42. The van der Waals surface area contributed by atoms with Crippen molar-refractivity contribution in [3.8, 4) is 0 Å². The molecule has 0 aliphatic rings. The molecule has 0 spiro atoms. The zero-order chi connectivity index (χ0) is 15.3. The molecule has 0 aromatic heterocycles. The van der Waals surface area contributed by atoms with Crippen LogP contribution in [0.4, 0.5) is 5.69 Å². The molecule has 0 amide bonds. The Kier molecular flexibility index (Phi) is 4.96. The van der Waals surface area contributed by atoms with Crippen molar-refractivity contribution in [1.82, 2.24) is 0 Å². The van der Waals surface area contributed by atoms with Crippen LogP contribution in [0, 0.1) is 10.1 Å². The quantitative estimate of drug-likeness (QED) is 0.168. The van der Waals surface area contributed by atoms with E-state index in [2.05, 4.69) is 4.74 Å². The molecule has 0 radical (unpaired) electrons. The molecule has 7 nitrogen and oxygen atoms in total. The van der Waals surface area contributed by atoms with E-state index in [-0.39, 0.29) is 17.9 Å². The van der Waals surface area contributed by atoms with E-state index in [4.69, 9.17) is 0 Å². The number of Topliss-reactive ketones (excluding diaryl/α,β-unsaturated/α-hetero) is 1. The van der Waals surface area contributed by atoms with Gasteiger partial charge in [-0.15, -0.1) is 0 Å². The minimum Gasteiger partial charge on any atom is -0.506 e. The lowest BCUT2D eigenvalue weighted by Crippen LogP contribution is -2.16. The van der Waals surface area contributed by atoms with E-state index in [1.54, 1.807) is 6.92 Å². The van der Waals surface area contributed by atoms with Gasteiger partial charge in [-0.2, -0.15) is 0 Å². The van der Waals surface area contributed by atoms with Gasteiger partial charge in [0.25, 0.3) is 5.69 Å². The molecule has 20 heavy (non-hydrogen) atoms. The van der Waals surface area contributed by atoms with Gasteiger partial charge in [0.15, 0.2) is 5.78 Å². The zero-order valence-corrected chi connectivity index (χ0v) is 11.0. The number of rotatable bonds is 5. The maximum atomic E-state index is 11.6. The van der Waals surface area contributed by atoms with Crippen molar-refractivity contribution >= 4 is 23.2 Å². The molecule has 0 unspecified atom stereocenters. The van der Waals surface area contributed by atoms with Crippen molar-refractivity contribution in [3.05, 3.63) is 45.5 Å². The van der Waals surface area contributed by atoms with Crippen LogP contribution in [-0.2, 0) is 14.3 Å². The number of hydrogen-bond donors (Lipinski definition) is 1. The van der Waals surface area contributed by atoms with E-state index < -0.39 is 28.0 Å². The topological polar surface area (TPSA) is 107 Å². The third-order valence-electron chi connectivity index (χ3n) is 2.42. The number of non-ortho nitro benzene ring substituents is 1. The van der Waals surface area contributed by atoms with Crippen LogP contribution in [-0.4, -0.2) is 28.4 Å². The minimum absolute atomic E-state index is 0.0587. The Balaban J connectivity index is 3.24. The Labute approximate surface area is 114 Å². The second-order valence-electron chi connectivity index (χ2n) is 3.80. The molecule has 1 aromatic carbocycles. The molecule has 106 valence electrons. The van der Waals surface area contributed by atoms with Crippen molar-refractivity contribution in [2.45, 2.75) is 13.8 Å². The fourth-order valence-electron chi connectivity index (χ4n) is 1.50. The molecule has 1 N–H and O–H groups in total. The second kappa shape index (κ2) is 6.46. The number of benzene rings is 1. The number of carbonyl (C=O) groups is 2. The first kappa shape index (κ1) is 15.4. The number of ketones is 1. The Morgan fingerprint density at radius 3 is 2.25 bits per heavy atom. The van der Waals surface area contributed by atoms with Crippen LogP contribution in [0.3, 0.4) is 0 Å². The first-order chi connectivity index (χ1) is 9.38. The fourth-order valence-corrected chi connectivity index (χ4v) is 1.50. The highest BCUT2D eigenvalue weighted by Gasteiger charge is 2.22. The van der Waals surface area contributed by atoms with Gasteiger partial charge in [0.2, 0.25) is 0 Å². The van der Waals surface area contributed by atoms with Crippen LogP contribution in [0.15, 0.2) is 29.8 Å². The van der Waals surface area contributed by atoms with Gasteiger partial charge in [-0.05, 0) is 26.0 Å². The normalized spacial score (nSPS) is 11.5. The van der Waals surface area contributed by atoms with Crippen molar-refractivity contribution in [2.24, 2.45) is 0 Å². The standard InChI is InChI=1S/C13H13NO6/c1-3-20-13(17)11(8(2)15)12(16)9-4-6-10(7-5-9)14(18)19/h4-7,16H,3H2,1-2H3/b12-11+. The average Bonchev–Trinajstić information content (AvgIpc) is 2.38. The van der Waals surface area contributed by atoms with E-state index in [0.29, 0.717) is 0 Å². The lowest BCUT2D eigenvalue weighted by molar-refractivity contribution is -0.384. The lowest BCUT2D eigenvalue weighted by atomic mass is 10.1. The number of carbonyl (C=O) groups excluding carboxylic acids is 2. The van der Waals surface area contributed by atoms with E-state index in [1.807, 2.05) is 0 Å². The average molecular weight is 279 g/mol. The van der Waals surface area contributed by atoms with Crippen LogP contribution in [0.1, 0.15) is 19.4 Å². The van der Waals surface area contributed by atoms with E-state index >= 15 is 0 Å². The molecule has 0 aliphatic carbocycles. The summed E-state index contributed by atoms with van der Waals surface area (Å²) in [5, 5.41) is 20.5. The lowest BCUT2D eigenvalue weighted by Gasteiger charge is -2.07. The number of esters is 1. The predicted octanol–water partition coefficient (Wildman–Crippen LogP) is 2.02. The minimum atomic E-state index is -0.934. The highest BCUT2D eigenvalue weighted by molar-refractivity contribution is 6.21. The van der Waals surface area contributed by atoms with Crippen molar-refractivity contribution < 1.29 is 24.4 Å². The van der Waals surface area contributed by atoms with Gasteiger partial charge in [0.05, 0.1) is 11.5 Å². The van der Waals surface area contributed by atoms with Crippen LogP contribution in [0.25, 0.3) is 5.76 Å². The van der Waals surface area contributed by atoms with Gasteiger partial charge in [-0.3, -0.25) is 14.9 Å². The predicted molar refractivity (Wildman–Crippen MR) is 70.0 cm³/mol. The smallest absolute Gasteiger partial charge is 0.345 e. The first-order valence-electron chi connectivity index (χ1n) is 5.74. The second-order valence-corrected chi connectivity index (χ2v) is 3.80. The number of hydrogen-bond acceptors (Lipinski definition) is 6. The Morgan fingerprint density at radius 1 is 1.30 bits per heavy atom. The summed E-state index contributed by atoms with van der Waals surface area (Å²) >= 11 is 0. The van der Waals surface area contributed by atoms with Crippen molar-refractivity contribution in [1.29, 1.82) is 0 Å². The van der Waals surface area contributed by atoms with Crippen molar-refractivity contribution in [3.63, 3.8) is 0 Å². The molecular formula is C13H13NO6. The summed E-state index contributed by atoms with van der Waals surface area (Å²) in [7, 11) is 0. The van der Waals surface area contributed by atoms with E-state index in [1.165, 1.54) is 12.1 Å². The summed E-state index contributed by atoms with van der Waals surface area (Å²) in [6, 6.07) is 4.81. The SMILES string of the molecule is CCOC(=O)/C(C(C)=O)=C(/O)c1ccc([N+](=O)[O-])cc1. The van der Waals surface area contributed by atoms with Crippen molar-refractivity contribution in [2.75, 3.05) is 6.61 Å². The van der Waals surface area contributed by atoms with Gasteiger partial charge in [-0.1, -0.05) is 0 Å². The van der Waals surface area contributed by atoms with Gasteiger partial charge in [0, 0.05) is 17.7 Å². The number of nitrogens with zero attached hydrogens (tertiary/aromatic N) is 1. The highest BCUT2D eigenvalue weighted by atomic mass is 16.6. The Hall–Kier alpha value is -2.70. The molecule has 0 saturated carbocycles. The monoisotopic (exact) mass is 279 g/mol. The van der Waals surface area contributed by atoms with Gasteiger partial charge in [-0.25, -0.2) is 4.79 Å². The summed E-state index contributed by atoms with van der Waals surface area (Å²) in [5.41, 5.74) is -0.531. The Morgan fingerprint density at radius 2 is 1.85 bits per heavy atom. The number of nitro benzene ring substituents is 1. The Bertz CT molecular complexity index is 573. The van der Waals surface area contributed by atoms with Crippen LogP contribution in [0.2, 0.25) is 0 Å². The molecule has 0 saturated heterocycles. The molecule has 7 heteroatoms. The summed E-state index contributed by atoms with van der Waals surface area (Å²) in [4.78, 5) is 33.0. The first-order valence-corrected chi connectivity index (χ1v) is 5.74. The maximum absolute atomic E-state index is 11.6. The fraction of sp³-hybridized carbons (Fsp3) is 0.231. The van der Waals surface area contributed by atoms with Crippen LogP contribution < -0.4 is 0 Å². The number of aliphatic hydroxyl groups excluding tert-OH is 1. The van der Waals surface area contributed by atoms with E-state index in [9.17, 15) is 24.8 Å². The van der Waals surface area contributed by atoms with Crippen LogP contribution in [0.5, 0.6) is 0 Å². The van der Waals surface area contributed by atoms with E-state index in [0.717, 1.165) is 19.1 Å². The molecule has 0 bridgehead atoms. The molecule has 0 heterocycles. The molecular weight excluding hydrogens is 266 g/mol. The molecule has 0 aliphatic heterocycles. The third kappa shape index (κ3) is 3.41. The number of ether oxygens (including phenoxy) is 1. The molecule has 1 rings (SSSR count). The largest absolute Gasteiger partial charge is 0.506 e. The van der Waals surface area contributed by atoms with Gasteiger partial charge in [0.1, 0.15) is 11.3 Å². The number of nitro groups is 1. The molecule has 0 fully saturated rings. The van der Waals surface area contributed by atoms with Crippen LogP contribution >= 0.6 is 0 Å². The zero-order valence-electron chi connectivity index (χ0n) is 11.0. The molecule has 1 aromatic rings. The summed E-state index contributed by atoms with van der Waals surface area (Å²) < 4.78 is 4.68. The van der Waals surface area contributed by atoms with Gasteiger partial charge >= 0.3 is 5.97 Å².